The third-order valence-corrected chi connectivity index (χ3v) is 4.29. The Morgan fingerprint density at radius 3 is 2.50 bits per heavy atom. The molecule has 3 rings (SSSR count). The molecule has 102 valence electrons. The Hall–Kier alpha value is -2.09. The molecule has 2 aromatic rings. The second kappa shape index (κ2) is 4.48. The first kappa shape index (κ1) is 12.9. The van der Waals surface area contributed by atoms with Crippen LogP contribution in [0.25, 0.3) is 0 Å². The highest BCUT2D eigenvalue weighted by Gasteiger charge is 2.45. The molecular weight excluding hydrogens is 246 g/mol. The summed E-state index contributed by atoms with van der Waals surface area (Å²) in [5, 5.41) is 0. The molecule has 0 bridgehead atoms. The molecule has 0 fully saturated rings. The highest BCUT2D eigenvalue weighted by Crippen LogP contribution is 2.43. The van der Waals surface area contributed by atoms with Crippen molar-refractivity contribution in [3.05, 3.63) is 65.2 Å². The quantitative estimate of drug-likeness (QED) is 0.814. The summed E-state index contributed by atoms with van der Waals surface area (Å²) in [6.45, 7) is 4.14. The minimum absolute atomic E-state index is 0.182. The normalized spacial score (nSPS) is 21.1. The summed E-state index contributed by atoms with van der Waals surface area (Å²) in [5.41, 5.74) is 4.13. The Balaban J connectivity index is 2.09. The smallest absolute Gasteiger partial charge is 0.237 e. The van der Waals surface area contributed by atoms with Crippen molar-refractivity contribution < 1.29 is 4.79 Å². The lowest BCUT2D eigenvalue weighted by Gasteiger charge is -2.23. The van der Waals surface area contributed by atoms with Gasteiger partial charge in [0, 0.05) is 12.7 Å². The largest absolute Gasteiger partial charge is 0.314 e. The third-order valence-electron chi connectivity index (χ3n) is 4.29. The Morgan fingerprint density at radius 1 is 1.10 bits per heavy atom. The number of carbonyl (C=O) groups is 1. The minimum atomic E-state index is -0.461. The number of anilines is 1. The van der Waals surface area contributed by atoms with Crippen LogP contribution in [0.3, 0.4) is 0 Å². The van der Waals surface area contributed by atoms with Crippen molar-refractivity contribution in [1.82, 2.24) is 0 Å². The number of nitrogens with zero attached hydrogens (tertiary/aromatic N) is 1. The Labute approximate surface area is 120 Å². The third kappa shape index (κ3) is 1.83. The van der Waals surface area contributed by atoms with Gasteiger partial charge < -0.3 is 4.90 Å². The van der Waals surface area contributed by atoms with Gasteiger partial charge in [-0.15, -0.1) is 0 Å². The van der Waals surface area contributed by atoms with Gasteiger partial charge in [-0.25, -0.2) is 0 Å². The maximum atomic E-state index is 12.7. The molecule has 1 heterocycles. The van der Waals surface area contributed by atoms with Gasteiger partial charge in [0.25, 0.3) is 0 Å². The van der Waals surface area contributed by atoms with Crippen molar-refractivity contribution in [1.29, 1.82) is 0 Å². The molecule has 2 heteroatoms. The number of fused-ring (bicyclic) bond motifs is 1. The van der Waals surface area contributed by atoms with Crippen molar-refractivity contribution in [3.8, 4) is 0 Å². The van der Waals surface area contributed by atoms with Crippen molar-refractivity contribution in [2.75, 3.05) is 11.9 Å². The van der Waals surface area contributed by atoms with E-state index in [1.54, 1.807) is 4.90 Å². The molecule has 0 aliphatic carbocycles. The van der Waals surface area contributed by atoms with Gasteiger partial charge in [0.05, 0.1) is 5.41 Å². The van der Waals surface area contributed by atoms with Gasteiger partial charge >= 0.3 is 0 Å². The van der Waals surface area contributed by atoms with Crippen LogP contribution in [0.4, 0.5) is 5.69 Å². The molecule has 0 radical (unpaired) electrons. The predicted molar refractivity (Wildman–Crippen MR) is 82.1 cm³/mol. The lowest BCUT2D eigenvalue weighted by Crippen LogP contribution is -2.37. The average Bonchev–Trinajstić information content (AvgIpc) is 2.62. The maximum Gasteiger partial charge on any atom is 0.237 e. The zero-order valence-electron chi connectivity index (χ0n) is 12.2. The first-order valence-corrected chi connectivity index (χ1v) is 6.95. The molecule has 0 saturated carbocycles. The van der Waals surface area contributed by atoms with Gasteiger partial charge in [-0.2, -0.15) is 0 Å². The molecule has 0 aromatic heterocycles. The molecule has 20 heavy (non-hydrogen) atoms. The minimum Gasteiger partial charge on any atom is -0.314 e. The highest BCUT2D eigenvalue weighted by atomic mass is 16.2. The first-order chi connectivity index (χ1) is 9.52. The molecule has 1 unspecified atom stereocenters. The van der Waals surface area contributed by atoms with Crippen molar-refractivity contribution >= 4 is 11.6 Å². The number of rotatable bonds is 2. The lowest BCUT2D eigenvalue weighted by molar-refractivity contribution is -0.122. The second-order valence-electron chi connectivity index (χ2n) is 5.88. The van der Waals surface area contributed by atoms with Crippen LogP contribution in [-0.2, 0) is 16.6 Å². The number of amides is 1. The second-order valence-corrected chi connectivity index (χ2v) is 5.88. The zero-order chi connectivity index (χ0) is 14.3. The highest BCUT2D eigenvalue weighted by molar-refractivity contribution is 6.07. The molecule has 2 nitrogen and oxygen atoms in total. The zero-order valence-corrected chi connectivity index (χ0v) is 12.2. The summed E-state index contributed by atoms with van der Waals surface area (Å²) in [7, 11) is 1.87. The molecule has 1 amide bonds. The van der Waals surface area contributed by atoms with E-state index in [-0.39, 0.29) is 5.91 Å². The fourth-order valence-electron chi connectivity index (χ4n) is 3.15. The van der Waals surface area contributed by atoms with Crippen molar-refractivity contribution in [2.45, 2.75) is 25.7 Å². The van der Waals surface area contributed by atoms with E-state index in [4.69, 9.17) is 0 Å². The number of likely N-dealkylation sites (N-methyl/N-ethyl adjacent to an activating group) is 1. The molecule has 1 atom stereocenters. The number of hydrogen-bond acceptors (Lipinski definition) is 1. The van der Waals surface area contributed by atoms with Gasteiger partial charge in [0.15, 0.2) is 0 Å². The van der Waals surface area contributed by atoms with E-state index < -0.39 is 5.41 Å². The van der Waals surface area contributed by atoms with Gasteiger partial charge in [-0.05, 0) is 37.5 Å². The number of carbonyl (C=O) groups excluding carboxylic acids is 1. The fourth-order valence-corrected chi connectivity index (χ4v) is 3.15. The van der Waals surface area contributed by atoms with Crippen LogP contribution in [0, 0.1) is 6.92 Å². The number of hydrogen-bond donors (Lipinski definition) is 0. The Bertz CT molecular complexity index is 662. The summed E-state index contributed by atoms with van der Waals surface area (Å²) in [6, 6.07) is 16.5. The van der Waals surface area contributed by atoms with Gasteiger partial charge in [0.1, 0.15) is 0 Å². The van der Waals surface area contributed by atoms with E-state index >= 15 is 0 Å². The van der Waals surface area contributed by atoms with E-state index in [1.165, 1.54) is 11.1 Å². The van der Waals surface area contributed by atoms with Crippen LogP contribution < -0.4 is 4.90 Å². The van der Waals surface area contributed by atoms with E-state index in [0.29, 0.717) is 0 Å². The monoisotopic (exact) mass is 265 g/mol. The van der Waals surface area contributed by atoms with Crippen LogP contribution in [0.5, 0.6) is 0 Å². The molecular formula is C18H19NO. The van der Waals surface area contributed by atoms with Crippen LogP contribution in [0.15, 0.2) is 48.5 Å². The van der Waals surface area contributed by atoms with E-state index in [0.717, 1.165) is 17.7 Å². The topological polar surface area (TPSA) is 20.3 Å². The Kier molecular flexibility index (Phi) is 2.89. The van der Waals surface area contributed by atoms with Gasteiger partial charge in [-0.3, -0.25) is 4.79 Å². The summed E-state index contributed by atoms with van der Waals surface area (Å²) < 4.78 is 0. The molecule has 0 N–H and O–H groups in total. The SMILES string of the molecule is Cc1ccc2c(c1)C(C)(Cc1ccccc1)C(=O)N2C. The van der Waals surface area contributed by atoms with E-state index in [2.05, 4.69) is 44.2 Å². The van der Waals surface area contributed by atoms with Gasteiger partial charge in [-0.1, -0.05) is 48.0 Å². The summed E-state index contributed by atoms with van der Waals surface area (Å²) in [6.07, 6.45) is 0.744. The van der Waals surface area contributed by atoms with Crippen LogP contribution in [0.1, 0.15) is 23.6 Å². The summed E-state index contributed by atoms with van der Waals surface area (Å²) in [4.78, 5) is 14.5. The van der Waals surface area contributed by atoms with Crippen molar-refractivity contribution in [3.63, 3.8) is 0 Å². The molecule has 0 saturated heterocycles. The standard InChI is InChI=1S/C18H19NO/c1-13-9-10-16-15(11-13)18(2,17(20)19(16)3)12-14-7-5-4-6-8-14/h4-11H,12H2,1-3H3. The number of benzene rings is 2. The Morgan fingerprint density at radius 2 is 1.80 bits per heavy atom. The maximum absolute atomic E-state index is 12.7. The summed E-state index contributed by atoms with van der Waals surface area (Å²) in [5.74, 6) is 0.182. The van der Waals surface area contributed by atoms with Crippen LogP contribution >= 0.6 is 0 Å². The molecule has 2 aromatic carbocycles. The lowest BCUT2D eigenvalue weighted by atomic mass is 9.78. The average molecular weight is 265 g/mol. The number of aryl methyl sites for hydroxylation is 1. The fraction of sp³-hybridized carbons (Fsp3) is 0.278. The van der Waals surface area contributed by atoms with Crippen LogP contribution in [-0.4, -0.2) is 13.0 Å². The van der Waals surface area contributed by atoms with Crippen LogP contribution in [0.2, 0.25) is 0 Å². The van der Waals surface area contributed by atoms with Gasteiger partial charge in [0.2, 0.25) is 5.91 Å². The predicted octanol–water partition coefficient (Wildman–Crippen LogP) is 3.47. The first-order valence-electron chi connectivity index (χ1n) is 6.95. The summed E-state index contributed by atoms with van der Waals surface area (Å²) >= 11 is 0. The molecule has 0 spiro atoms. The molecule has 1 aliphatic rings. The van der Waals surface area contributed by atoms with Crippen molar-refractivity contribution in [2.24, 2.45) is 0 Å². The van der Waals surface area contributed by atoms with E-state index in [1.807, 2.05) is 25.2 Å². The van der Waals surface area contributed by atoms with E-state index in [9.17, 15) is 4.79 Å². The molecule has 1 aliphatic heterocycles.